The van der Waals surface area contributed by atoms with Gasteiger partial charge in [0.05, 0.1) is 25.2 Å². The number of aryl methyl sites for hydroxylation is 1. The molecule has 0 radical (unpaired) electrons. The maximum Gasteiger partial charge on any atom is 0.264 e. The zero-order valence-electron chi connectivity index (χ0n) is 13.5. The van der Waals surface area contributed by atoms with E-state index < -0.39 is 16.2 Å². The first-order chi connectivity index (χ1) is 11.5. The molecule has 1 aromatic heterocycles. The second-order valence-electron chi connectivity index (χ2n) is 5.90. The summed E-state index contributed by atoms with van der Waals surface area (Å²) in [6.45, 7) is 0.459. The quantitative estimate of drug-likeness (QED) is 0.618. The van der Waals surface area contributed by atoms with Gasteiger partial charge in [-0.25, -0.2) is 4.98 Å². The Kier molecular flexibility index (Phi) is 4.97. The fourth-order valence-corrected chi connectivity index (χ4v) is 3.42. The monoisotopic (exact) mass is 344 g/mol. The Morgan fingerprint density at radius 1 is 1.17 bits per heavy atom. The van der Waals surface area contributed by atoms with Crippen molar-refractivity contribution in [1.82, 2.24) is 9.55 Å². The third-order valence-electron chi connectivity index (χ3n) is 3.85. The van der Waals surface area contributed by atoms with Crippen LogP contribution >= 0.6 is 0 Å². The maximum atomic E-state index is 11.5. The van der Waals surface area contributed by atoms with Gasteiger partial charge in [-0.15, -0.1) is 0 Å². The van der Waals surface area contributed by atoms with Crippen molar-refractivity contribution in [1.29, 1.82) is 0 Å². The number of nitrogens with zero attached hydrogens (tertiary/aromatic N) is 2. The number of imidazole rings is 1. The van der Waals surface area contributed by atoms with Crippen LogP contribution in [0.3, 0.4) is 0 Å². The predicted molar refractivity (Wildman–Crippen MR) is 94.2 cm³/mol. The fraction of sp³-hybridized carbons (Fsp3) is 0.278. The lowest BCUT2D eigenvalue weighted by molar-refractivity contribution is 0.180. The number of benzene rings is 2. The Hall–Kier alpha value is -2.18. The minimum Gasteiger partial charge on any atom is -0.335 e. The van der Waals surface area contributed by atoms with Crippen LogP contribution in [-0.2, 0) is 27.3 Å². The third kappa shape index (κ3) is 4.66. The molecule has 3 aromatic rings. The lowest BCUT2D eigenvalue weighted by Gasteiger charge is -2.17. The zero-order chi connectivity index (χ0) is 17.0. The molecule has 1 heterocycles. The first kappa shape index (κ1) is 16.7. The lowest BCUT2D eigenvalue weighted by Crippen LogP contribution is -2.23. The molecule has 126 valence electrons. The van der Waals surface area contributed by atoms with Crippen LogP contribution in [0.2, 0.25) is 0 Å². The van der Waals surface area contributed by atoms with Crippen LogP contribution in [0.5, 0.6) is 0 Å². The van der Waals surface area contributed by atoms with Crippen LogP contribution in [0.4, 0.5) is 0 Å². The number of rotatable bonds is 7. The average molecular weight is 344 g/mol. The van der Waals surface area contributed by atoms with Gasteiger partial charge < -0.3 is 4.57 Å². The molecule has 0 N–H and O–H groups in total. The molecule has 0 saturated carbocycles. The van der Waals surface area contributed by atoms with Gasteiger partial charge in [0, 0.05) is 12.4 Å². The lowest BCUT2D eigenvalue weighted by atomic mass is 10.0. The number of hydrogen-bond donors (Lipinski definition) is 0. The van der Waals surface area contributed by atoms with E-state index in [1.807, 2.05) is 16.7 Å². The largest absolute Gasteiger partial charge is 0.335 e. The Labute approximate surface area is 142 Å². The van der Waals surface area contributed by atoms with Gasteiger partial charge in [-0.05, 0) is 29.2 Å². The highest BCUT2D eigenvalue weighted by Crippen LogP contribution is 2.18. The standard InChI is InChI=1S/C18H20N2O3S/c1-24(21,22)23-18(13-20-11-10-19-14-20)9-7-15-6-8-16-4-2-3-5-17(16)12-15/h2-6,8,10-12,14,18H,7,9,13H2,1H3. The van der Waals surface area contributed by atoms with E-state index >= 15 is 0 Å². The molecule has 0 spiro atoms. The predicted octanol–water partition coefficient (Wildman–Crippen LogP) is 3.01. The molecule has 5 nitrogen and oxygen atoms in total. The molecule has 0 fully saturated rings. The van der Waals surface area contributed by atoms with E-state index in [1.54, 1.807) is 18.7 Å². The van der Waals surface area contributed by atoms with Gasteiger partial charge in [-0.1, -0.05) is 42.5 Å². The summed E-state index contributed by atoms with van der Waals surface area (Å²) in [6.07, 6.45) is 7.16. The molecule has 0 aliphatic heterocycles. The number of fused-ring (bicyclic) bond motifs is 1. The molecule has 0 bridgehead atoms. The van der Waals surface area contributed by atoms with Gasteiger partial charge in [0.2, 0.25) is 0 Å². The van der Waals surface area contributed by atoms with Crippen LogP contribution in [0.15, 0.2) is 61.2 Å². The van der Waals surface area contributed by atoms with Gasteiger partial charge in [0.15, 0.2) is 0 Å². The van der Waals surface area contributed by atoms with E-state index in [0.717, 1.165) is 12.7 Å². The van der Waals surface area contributed by atoms with Crippen molar-refractivity contribution in [2.75, 3.05) is 6.26 Å². The summed E-state index contributed by atoms with van der Waals surface area (Å²) in [5.41, 5.74) is 1.17. The van der Waals surface area contributed by atoms with Gasteiger partial charge >= 0.3 is 0 Å². The molecule has 3 rings (SSSR count). The summed E-state index contributed by atoms with van der Waals surface area (Å²) in [7, 11) is -3.50. The number of hydrogen-bond acceptors (Lipinski definition) is 4. The number of aromatic nitrogens is 2. The first-order valence-corrected chi connectivity index (χ1v) is 9.63. The summed E-state index contributed by atoms with van der Waals surface area (Å²) in [4.78, 5) is 3.98. The molecule has 0 aliphatic rings. The third-order valence-corrected chi connectivity index (χ3v) is 4.48. The highest BCUT2D eigenvalue weighted by molar-refractivity contribution is 7.86. The summed E-state index contributed by atoms with van der Waals surface area (Å²) in [6, 6.07) is 14.5. The van der Waals surface area contributed by atoms with Gasteiger partial charge in [-0.3, -0.25) is 4.18 Å². The van der Waals surface area contributed by atoms with E-state index in [2.05, 4.69) is 35.3 Å². The molecule has 0 aliphatic carbocycles. The Morgan fingerprint density at radius 3 is 2.67 bits per heavy atom. The van der Waals surface area contributed by atoms with Crippen LogP contribution in [0, 0.1) is 0 Å². The molecule has 24 heavy (non-hydrogen) atoms. The minimum atomic E-state index is -3.50. The topological polar surface area (TPSA) is 61.2 Å². The Balaban J connectivity index is 1.71. The smallest absolute Gasteiger partial charge is 0.264 e. The van der Waals surface area contributed by atoms with E-state index in [0.29, 0.717) is 13.0 Å². The van der Waals surface area contributed by atoms with Crippen molar-refractivity contribution in [3.63, 3.8) is 0 Å². The van der Waals surface area contributed by atoms with Crippen LogP contribution in [0.1, 0.15) is 12.0 Å². The van der Waals surface area contributed by atoms with Gasteiger partial charge in [0.1, 0.15) is 0 Å². The molecule has 0 amide bonds. The molecular formula is C18H20N2O3S. The highest BCUT2D eigenvalue weighted by atomic mass is 32.2. The van der Waals surface area contributed by atoms with Crippen molar-refractivity contribution in [3.8, 4) is 0 Å². The van der Waals surface area contributed by atoms with Gasteiger partial charge in [-0.2, -0.15) is 8.42 Å². The van der Waals surface area contributed by atoms with Crippen LogP contribution in [-0.4, -0.2) is 30.3 Å². The average Bonchev–Trinajstić information content (AvgIpc) is 3.04. The second-order valence-corrected chi connectivity index (χ2v) is 7.50. The van der Waals surface area contributed by atoms with Gasteiger partial charge in [0.25, 0.3) is 10.1 Å². The molecule has 1 atom stereocenters. The zero-order valence-corrected chi connectivity index (χ0v) is 14.3. The molecule has 2 aromatic carbocycles. The molecule has 0 saturated heterocycles. The Morgan fingerprint density at radius 2 is 1.96 bits per heavy atom. The summed E-state index contributed by atoms with van der Waals surface area (Å²) >= 11 is 0. The van der Waals surface area contributed by atoms with Crippen molar-refractivity contribution < 1.29 is 12.6 Å². The maximum absolute atomic E-state index is 11.5. The van der Waals surface area contributed by atoms with E-state index in [4.69, 9.17) is 4.18 Å². The molecular weight excluding hydrogens is 324 g/mol. The van der Waals surface area contributed by atoms with Crippen LogP contribution < -0.4 is 0 Å². The van der Waals surface area contributed by atoms with Crippen molar-refractivity contribution in [2.24, 2.45) is 0 Å². The van der Waals surface area contributed by atoms with E-state index in [9.17, 15) is 8.42 Å². The molecule has 1 unspecified atom stereocenters. The highest BCUT2D eigenvalue weighted by Gasteiger charge is 2.16. The summed E-state index contributed by atoms with van der Waals surface area (Å²) < 4.78 is 30.1. The SMILES string of the molecule is CS(=O)(=O)OC(CCc1ccc2ccccc2c1)Cn1ccnc1. The Bertz CT molecular complexity index is 905. The summed E-state index contributed by atoms with van der Waals surface area (Å²) in [5, 5.41) is 2.38. The second kappa shape index (κ2) is 7.15. The summed E-state index contributed by atoms with van der Waals surface area (Å²) in [5.74, 6) is 0. The first-order valence-electron chi connectivity index (χ1n) is 7.81. The fourth-order valence-electron chi connectivity index (χ4n) is 2.77. The minimum absolute atomic E-state index is 0.416. The van der Waals surface area contributed by atoms with Crippen molar-refractivity contribution in [3.05, 3.63) is 66.7 Å². The molecule has 6 heteroatoms. The van der Waals surface area contributed by atoms with E-state index in [-0.39, 0.29) is 0 Å². The van der Waals surface area contributed by atoms with Crippen LogP contribution in [0.25, 0.3) is 10.8 Å². The van der Waals surface area contributed by atoms with Crippen molar-refractivity contribution in [2.45, 2.75) is 25.5 Å². The normalized spacial score (nSPS) is 13.2. The van der Waals surface area contributed by atoms with E-state index in [1.165, 1.54) is 16.3 Å². The van der Waals surface area contributed by atoms with Crippen molar-refractivity contribution >= 4 is 20.9 Å².